The molecular weight excluding hydrogens is 430 g/mol. The van der Waals surface area contributed by atoms with Crippen LogP contribution in [0.15, 0.2) is 60.9 Å². The van der Waals surface area contributed by atoms with Crippen molar-refractivity contribution in [1.29, 1.82) is 0 Å². The minimum atomic E-state index is -0.559. The maximum absolute atomic E-state index is 12.1. The number of hydrogen-bond donors (Lipinski definition) is 4. The Morgan fingerprint density at radius 3 is 2.62 bits per heavy atom. The maximum atomic E-state index is 12.1. The molecule has 9 nitrogen and oxygen atoms in total. The second kappa shape index (κ2) is 9.78. The van der Waals surface area contributed by atoms with E-state index >= 15 is 0 Å². The molecule has 1 amide bonds. The Bertz CT molecular complexity index is 1270. The number of nitrogens with zero attached hydrogens (tertiary/aromatic N) is 3. The van der Waals surface area contributed by atoms with Crippen LogP contribution in [0.3, 0.4) is 0 Å². The summed E-state index contributed by atoms with van der Waals surface area (Å²) in [6.45, 7) is 8.06. The van der Waals surface area contributed by atoms with Gasteiger partial charge in [-0.15, -0.1) is 0 Å². The van der Waals surface area contributed by atoms with Gasteiger partial charge in [0, 0.05) is 18.3 Å². The van der Waals surface area contributed by atoms with E-state index in [0.29, 0.717) is 29.5 Å². The van der Waals surface area contributed by atoms with Gasteiger partial charge in [-0.1, -0.05) is 42.5 Å². The number of aromatic nitrogens is 4. The molecule has 0 fully saturated rings. The first kappa shape index (κ1) is 23.0. The molecule has 0 aliphatic rings. The summed E-state index contributed by atoms with van der Waals surface area (Å²) in [6, 6.07) is 17.8. The number of aromatic amines is 1. The van der Waals surface area contributed by atoms with Crippen molar-refractivity contribution in [2.24, 2.45) is 0 Å². The van der Waals surface area contributed by atoms with Crippen molar-refractivity contribution in [2.45, 2.75) is 45.9 Å². The molecule has 176 valence electrons. The van der Waals surface area contributed by atoms with Gasteiger partial charge in [-0.05, 0) is 51.0 Å². The number of hydrogen-bond acceptors (Lipinski definition) is 7. The number of anilines is 3. The molecule has 4 aromatic rings. The monoisotopic (exact) mass is 459 g/mol. The van der Waals surface area contributed by atoms with E-state index in [1.165, 1.54) is 6.33 Å². The Balaban J connectivity index is 1.48. The van der Waals surface area contributed by atoms with E-state index in [9.17, 15) is 4.79 Å². The van der Waals surface area contributed by atoms with Crippen LogP contribution in [0.5, 0.6) is 0 Å². The summed E-state index contributed by atoms with van der Waals surface area (Å²) in [5.41, 5.74) is 2.86. The van der Waals surface area contributed by atoms with Crippen LogP contribution in [0.2, 0.25) is 0 Å². The highest BCUT2D eigenvalue weighted by atomic mass is 16.6. The van der Waals surface area contributed by atoms with Gasteiger partial charge >= 0.3 is 6.09 Å². The van der Waals surface area contributed by atoms with E-state index in [4.69, 9.17) is 4.74 Å². The molecule has 0 saturated heterocycles. The van der Waals surface area contributed by atoms with Crippen molar-refractivity contribution < 1.29 is 9.53 Å². The van der Waals surface area contributed by atoms with Gasteiger partial charge in [0.2, 0.25) is 0 Å². The smallest absolute Gasteiger partial charge is 0.412 e. The van der Waals surface area contributed by atoms with Crippen LogP contribution in [0.25, 0.3) is 11.0 Å². The van der Waals surface area contributed by atoms with Crippen LogP contribution in [0, 0.1) is 0 Å². The van der Waals surface area contributed by atoms with Gasteiger partial charge in [-0.2, -0.15) is 5.10 Å². The highest BCUT2D eigenvalue weighted by Gasteiger charge is 2.17. The van der Waals surface area contributed by atoms with Crippen LogP contribution in [-0.4, -0.2) is 31.9 Å². The predicted molar refractivity (Wildman–Crippen MR) is 134 cm³/mol. The molecule has 0 spiro atoms. The Morgan fingerprint density at radius 1 is 1.06 bits per heavy atom. The van der Waals surface area contributed by atoms with Crippen molar-refractivity contribution in [3.63, 3.8) is 0 Å². The molecule has 2 heterocycles. The van der Waals surface area contributed by atoms with Gasteiger partial charge in [-0.25, -0.2) is 14.8 Å². The highest BCUT2D eigenvalue weighted by Crippen LogP contribution is 2.28. The quantitative estimate of drug-likeness (QED) is 0.289. The summed E-state index contributed by atoms with van der Waals surface area (Å²) in [6.07, 6.45) is 1.02. The van der Waals surface area contributed by atoms with Crippen LogP contribution in [-0.2, 0) is 11.3 Å². The zero-order valence-corrected chi connectivity index (χ0v) is 19.7. The van der Waals surface area contributed by atoms with E-state index in [2.05, 4.69) is 55.2 Å². The van der Waals surface area contributed by atoms with Crippen LogP contribution >= 0.6 is 0 Å². The minimum Gasteiger partial charge on any atom is -0.444 e. The van der Waals surface area contributed by atoms with Gasteiger partial charge in [-0.3, -0.25) is 10.4 Å². The molecule has 1 unspecified atom stereocenters. The molecule has 4 N–H and O–H groups in total. The summed E-state index contributed by atoms with van der Waals surface area (Å²) in [4.78, 5) is 20.8. The van der Waals surface area contributed by atoms with Gasteiger partial charge in [0.05, 0.1) is 0 Å². The lowest BCUT2D eigenvalue weighted by Crippen LogP contribution is -2.27. The molecule has 4 rings (SSSR count). The Morgan fingerprint density at radius 2 is 1.85 bits per heavy atom. The van der Waals surface area contributed by atoms with Crippen molar-refractivity contribution in [3.8, 4) is 0 Å². The molecule has 1 atom stereocenters. The van der Waals surface area contributed by atoms with E-state index in [1.807, 2.05) is 63.2 Å². The molecule has 0 saturated carbocycles. The first-order chi connectivity index (χ1) is 16.3. The first-order valence-corrected chi connectivity index (χ1v) is 11.1. The number of amides is 1. The SMILES string of the molecule is CC(Nc1ncnc2[nH]nc(NCc3cccc(NC(=O)OC(C)(C)C)c3)c12)c1ccccc1. The number of benzene rings is 2. The normalized spacial score (nSPS) is 12.2. The van der Waals surface area contributed by atoms with Gasteiger partial charge in [0.1, 0.15) is 23.1 Å². The molecular formula is C25H29N7O2. The minimum absolute atomic E-state index is 0.0534. The first-order valence-electron chi connectivity index (χ1n) is 11.1. The molecule has 34 heavy (non-hydrogen) atoms. The fourth-order valence-electron chi connectivity index (χ4n) is 3.49. The largest absolute Gasteiger partial charge is 0.444 e. The lowest BCUT2D eigenvalue weighted by molar-refractivity contribution is 0.0636. The number of H-pyrrole nitrogens is 1. The summed E-state index contributed by atoms with van der Waals surface area (Å²) in [5, 5.41) is 17.7. The molecule has 0 aliphatic heterocycles. The van der Waals surface area contributed by atoms with Crippen LogP contribution in [0.1, 0.15) is 44.9 Å². The van der Waals surface area contributed by atoms with E-state index in [1.54, 1.807) is 0 Å². The Kier molecular flexibility index (Phi) is 6.62. The van der Waals surface area contributed by atoms with Crippen LogP contribution in [0.4, 0.5) is 22.1 Å². The van der Waals surface area contributed by atoms with Crippen LogP contribution < -0.4 is 16.0 Å². The summed E-state index contributed by atoms with van der Waals surface area (Å²) in [5.74, 6) is 1.34. The maximum Gasteiger partial charge on any atom is 0.412 e. The number of rotatable bonds is 7. The third kappa shape index (κ3) is 5.80. The van der Waals surface area contributed by atoms with Crippen molar-refractivity contribution >= 4 is 34.4 Å². The molecule has 0 radical (unpaired) electrons. The number of fused-ring (bicyclic) bond motifs is 1. The summed E-state index contributed by atoms with van der Waals surface area (Å²) >= 11 is 0. The van der Waals surface area contributed by atoms with E-state index in [0.717, 1.165) is 16.5 Å². The predicted octanol–water partition coefficient (Wildman–Crippen LogP) is 5.49. The van der Waals surface area contributed by atoms with Gasteiger partial charge in [0.25, 0.3) is 0 Å². The second-order valence-electron chi connectivity index (χ2n) is 8.98. The topological polar surface area (TPSA) is 117 Å². The lowest BCUT2D eigenvalue weighted by Gasteiger charge is -2.19. The van der Waals surface area contributed by atoms with Gasteiger partial charge in [0.15, 0.2) is 11.5 Å². The van der Waals surface area contributed by atoms with Crippen molar-refractivity contribution in [2.75, 3.05) is 16.0 Å². The second-order valence-corrected chi connectivity index (χ2v) is 8.98. The number of carbonyl (C=O) groups is 1. The molecule has 2 aromatic heterocycles. The lowest BCUT2D eigenvalue weighted by atomic mass is 10.1. The summed E-state index contributed by atoms with van der Waals surface area (Å²) < 4.78 is 5.32. The fourth-order valence-corrected chi connectivity index (χ4v) is 3.49. The average Bonchev–Trinajstić information content (AvgIpc) is 3.21. The standard InChI is InChI=1S/C25H29N7O2/c1-16(18-10-6-5-7-11-18)29-21-20-22(31-32-23(20)28-15-27-21)26-14-17-9-8-12-19(13-17)30-24(33)34-25(2,3)4/h5-13,15-16H,14H2,1-4H3,(H,30,33)(H3,26,27,28,29,31,32). The zero-order valence-electron chi connectivity index (χ0n) is 19.7. The van der Waals surface area contributed by atoms with E-state index in [-0.39, 0.29) is 6.04 Å². The molecule has 2 aromatic carbocycles. The molecule has 9 heteroatoms. The van der Waals surface area contributed by atoms with Crippen molar-refractivity contribution in [1.82, 2.24) is 20.2 Å². The van der Waals surface area contributed by atoms with Crippen molar-refractivity contribution in [3.05, 3.63) is 72.1 Å². The number of nitrogens with one attached hydrogen (secondary N) is 4. The third-order valence-corrected chi connectivity index (χ3v) is 5.04. The summed E-state index contributed by atoms with van der Waals surface area (Å²) in [7, 11) is 0. The highest BCUT2D eigenvalue weighted by molar-refractivity contribution is 5.96. The molecule has 0 aliphatic carbocycles. The Labute approximate surface area is 198 Å². The van der Waals surface area contributed by atoms with Gasteiger partial charge < -0.3 is 15.4 Å². The molecule has 0 bridgehead atoms. The van der Waals surface area contributed by atoms with E-state index < -0.39 is 11.7 Å². The number of carbonyl (C=O) groups excluding carboxylic acids is 1. The average molecular weight is 460 g/mol. The third-order valence-electron chi connectivity index (χ3n) is 5.04. The zero-order chi connectivity index (χ0) is 24.1. The number of ether oxygens (including phenoxy) is 1. The Hall–Kier alpha value is -4.14. The fraction of sp³-hybridized carbons (Fsp3) is 0.280.